The minimum atomic E-state index is 0. The molecule has 0 saturated heterocycles. The molecule has 0 aliphatic carbocycles. The van der Waals surface area contributed by atoms with Crippen LogP contribution in [0, 0.1) is 0 Å². The van der Waals surface area contributed by atoms with Gasteiger partial charge in [0.25, 0.3) is 0 Å². The second-order valence-electron chi connectivity index (χ2n) is 0.267. The quantitative estimate of drug-likeness (QED) is 0.386. The largest absolute Gasteiger partial charge is 0.0867 e. The fraction of sp³-hybridized carbons (Fsp3) is 1.00. The van der Waals surface area contributed by atoms with Gasteiger partial charge in [-0.25, -0.2) is 0 Å². The predicted octanol–water partition coefficient (Wildman–Crippen LogP) is 2.08. The molecule has 0 nitrogen and oxygen atoms in total. The van der Waals surface area contributed by atoms with E-state index in [0.717, 1.165) is 0 Å². The van der Waals surface area contributed by atoms with Crippen molar-refractivity contribution >= 4 is 22.6 Å². The summed E-state index contributed by atoms with van der Waals surface area (Å²) in [6, 6.07) is 0. The maximum absolute atomic E-state index is 2.29. The highest BCUT2D eigenvalue weighted by Crippen LogP contribution is 1.69. The van der Waals surface area contributed by atoms with Crippen molar-refractivity contribution in [3.63, 3.8) is 0 Å². The van der Waals surface area contributed by atoms with Gasteiger partial charge in [0.15, 0.2) is 0 Å². The Morgan fingerprint density at radius 1 is 1.75 bits per heavy atom. The predicted molar refractivity (Wildman–Crippen MR) is 31.3 cm³/mol. The first-order valence-electron chi connectivity index (χ1n) is 0.974. The van der Waals surface area contributed by atoms with Crippen LogP contribution in [0.5, 0.6) is 0 Å². The zero-order valence-electron chi connectivity index (χ0n) is 2.09. The first-order chi connectivity index (χ1) is 1.41. The summed E-state index contributed by atoms with van der Waals surface area (Å²) in [6.07, 6.45) is 0. The highest BCUT2D eigenvalue weighted by molar-refractivity contribution is 14.1. The molecular formula is C3H9I. The van der Waals surface area contributed by atoms with E-state index >= 15 is 0 Å². The molecule has 0 saturated carbocycles. The van der Waals surface area contributed by atoms with Gasteiger partial charge in [-0.2, -0.15) is 0 Å². The van der Waals surface area contributed by atoms with Crippen LogP contribution in [0.25, 0.3) is 0 Å². The van der Waals surface area contributed by atoms with Crippen molar-refractivity contribution in [1.29, 1.82) is 0 Å². The molecule has 0 aromatic rings. The Bertz CT molecular complexity index is 3.25. The summed E-state index contributed by atoms with van der Waals surface area (Å²) in [4.78, 5) is 0. The molecule has 4 heavy (non-hydrogen) atoms. The van der Waals surface area contributed by atoms with Gasteiger partial charge in [0.2, 0.25) is 0 Å². The van der Waals surface area contributed by atoms with E-state index in [-0.39, 0.29) is 7.43 Å². The van der Waals surface area contributed by atoms with Crippen molar-refractivity contribution in [2.24, 2.45) is 0 Å². The van der Waals surface area contributed by atoms with Gasteiger partial charge in [0, 0.05) is 0 Å². The molecule has 0 atom stereocenters. The Morgan fingerprint density at radius 2 is 1.75 bits per heavy atom. The first-order valence-corrected chi connectivity index (χ1v) is 2.50. The Kier molecular flexibility index (Phi) is 20.5. The maximum atomic E-state index is 2.29. The van der Waals surface area contributed by atoms with Gasteiger partial charge in [-0.15, -0.1) is 0 Å². The molecule has 0 unspecified atom stereocenters. The summed E-state index contributed by atoms with van der Waals surface area (Å²) < 4.78 is 1.22. The molecule has 0 aromatic heterocycles. The SMILES string of the molecule is CCI.[11CH4]. The van der Waals surface area contributed by atoms with Crippen molar-refractivity contribution in [1.82, 2.24) is 0 Å². The fourth-order valence-electron chi connectivity index (χ4n) is 0. The standard InChI is InChI=1S/C2H5I.CH4/c1-2-3;/h2H2,1H3;1H4/i;1-1. The first kappa shape index (κ1) is 8.83. The smallest absolute Gasteiger partial charge is 0.00332 e. The Balaban J connectivity index is 0. The lowest BCUT2D eigenvalue weighted by Gasteiger charge is -1.45. The zero-order chi connectivity index (χ0) is 2.71. The van der Waals surface area contributed by atoms with Crippen LogP contribution < -0.4 is 0 Å². The Morgan fingerprint density at radius 3 is 1.75 bits per heavy atom. The molecule has 0 spiro atoms. The van der Waals surface area contributed by atoms with Gasteiger partial charge in [-0.3, -0.25) is 0 Å². The molecule has 0 aliphatic rings. The minimum Gasteiger partial charge on any atom is -0.0867 e. The van der Waals surface area contributed by atoms with Crippen LogP contribution in [-0.2, 0) is 0 Å². The molecule has 0 aromatic carbocycles. The van der Waals surface area contributed by atoms with Crippen LogP contribution in [0.4, 0.5) is 0 Å². The van der Waals surface area contributed by atoms with E-state index < -0.39 is 0 Å². The molecule has 1 heteroatoms. The highest BCUT2D eigenvalue weighted by atomic mass is 127. The van der Waals surface area contributed by atoms with Gasteiger partial charge in [-0.05, 0) is 4.43 Å². The summed E-state index contributed by atoms with van der Waals surface area (Å²) in [5.41, 5.74) is 0. The topological polar surface area (TPSA) is 0 Å². The lowest BCUT2D eigenvalue weighted by Crippen LogP contribution is -1.33. The Hall–Kier alpha value is 0.730. The van der Waals surface area contributed by atoms with E-state index in [0.29, 0.717) is 0 Å². The van der Waals surface area contributed by atoms with Gasteiger partial charge >= 0.3 is 0 Å². The van der Waals surface area contributed by atoms with Gasteiger partial charge < -0.3 is 0 Å². The molecule has 0 rings (SSSR count). The van der Waals surface area contributed by atoms with Gasteiger partial charge in [0.05, 0.1) is 0 Å². The molecule has 0 aliphatic heterocycles. The average molecular weight is 171 g/mol. The van der Waals surface area contributed by atoms with Crippen LogP contribution in [0.1, 0.15) is 14.4 Å². The van der Waals surface area contributed by atoms with Crippen LogP contribution in [-0.4, -0.2) is 4.43 Å². The average Bonchev–Trinajstić information content (AvgIpc) is 0.918. The summed E-state index contributed by atoms with van der Waals surface area (Å²) in [7, 11) is 0. The number of hydrogen-bond donors (Lipinski definition) is 0. The zero-order valence-corrected chi connectivity index (χ0v) is 4.24. The maximum Gasteiger partial charge on any atom is -0.00332 e. The number of alkyl halides is 1. The van der Waals surface area contributed by atoms with E-state index in [4.69, 9.17) is 0 Å². The molecule has 0 bridgehead atoms. The number of rotatable bonds is 0. The molecule has 0 fully saturated rings. The highest BCUT2D eigenvalue weighted by Gasteiger charge is 1.38. The van der Waals surface area contributed by atoms with Crippen LogP contribution in [0.15, 0.2) is 0 Å². The molecule has 0 radical (unpaired) electrons. The van der Waals surface area contributed by atoms with E-state index in [2.05, 4.69) is 29.5 Å². The van der Waals surface area contributed by atoms with E-state index in [1.807, 2.05) is 0 Å². The summed E-state index contributed by atoms with van der Waals surface area (Å²) in [6.45, 7) is 2.11. The second-order valence-corrected chi connectivity index (χ2v) is 1.79. The minimum absolute atomic E-state index is 0. The normalized spacial score (nSPS) is 4.50. The third-order valence-corrected chi connectivity index (χ3v) is 0. The third-order valence-electron chi connectivity index (χ3n) is 0. The van der Waals surface area contributed by atoms with Crippen LogP contribution >= 0.6 is 22.6 Å². The summed E-state index contributed by atoms with van der Waals surface area (Å²) in [5.74, 6) is 0. The van der Waals surface area contributed by atoms with Gasteiger partial charge in [0.1, 0.15) is 0 Å². The monoisotopic (exact) mass is 171 g/mol. The van der Waals surface area contributed by atoms with Crippen LogP contribution in [0.3, 0.4) is 0 Å². The lowest BCUT2D eigenvalue weighted by molar-refractivity contribution is 1.58. The second kappa shape index (κ2) is 9.29. The van der Waals surface area contributed by atoms with E-state index in [1.54, 1.807) is 0 Å². The molecule has 0 heterocycles. The van der Waals surface area contributed by atoms with Crippen molar-refractivity contribution in [2.75, 3.05) is 4.43 Å². The van der Waals surface area contributed by atoms with Crippen molar-refractivity contribution in [3.8, 4) is 0 Å². The molecular weight excluding hydrogens is 162 g/mol. The van der Waals surface area contributed by atoms with Gasteiger partial charge in [-0.1, -0.05) is 36.9 Å². The van der Waals surface area contributed by atoms with Crippen molar-refractivity contribution in [3.05, 3.63) is 0 Å². The summed E-state index contributed by atoms with van der Waals surface area (Å²) >= 11 is 2.29. The number of hydrogen-bond acceptors (Lipinski definition) is 0. The molecule has 28 valence electrons. The van der Waals surface area contributed by atoms with E-state index in [1.165, 1.54) is 4.43 Å². The molecule has 0 amide bonds. The Labute approximate surface area is 41.7 Å². The fourth-order valence-corrected chi connectivity index (χ4v) is 0. The molecule has 0 N–H and O–H groups in total. The van der Waals surface area contributed by atoms with Crippen molar-refractivity contribution < 1.29 is 0 Å². The van der Waals surface area contributed by atoms with Crippen molar-refractivity contribution in [2.45, 2.75) is 14.4 Å². The van der Waals surface area contributed by atoms with Crippen LogP contribution in [0.2, 0.25) is 0 Å². The third kappa shape index (κ3) is 15.3. The number of halogens is 1. The lowest BCUT2D eigenvalue weighted by atomic mass is 11.0. The summed E-state index contributed by atoms with van der Waals surface area (Å²) in [5, 5.41) is 0. The van der Waals surface area contributed by atoms with E-state index in [9.17, 15) is 0 Å².